The molecule has 1 aromatic carbocycles. The average molecular weight is 409 g/mol. The van der Waals surface area contributed by atoms with Gasteiger partial charge >= 0.3 is 0 Å². The number of carbonyl (C=O) groups is 1. The molecule has 8 nitrogen and oxygen atoms in total. The lowest BCUT2D eigenvalue weighted by atomic mass is 10.2. The lowest BCUT2D eigenvalue weighted by Gasteiger charge is -2.10. The zero-order chi connectivity index (χ0) is 21.2. The molecule has 0 spiro atoms. The van der Waals surface area contributed by atoms with E-state index in [4.69, 9.17) is 4.74 Å². The Morgan fingerprint density at radius 2 is 1.93 bits per heavy atom. The molecule has 0 bridgehead atoms. The van der Waals surface area contributed by atoms with Crippen LogP contribution in [0.2, 0.25) is 0 Å². The molecule has 8 heteroatoms. The van der Waals surface area contributed by atoms with Gasteiger partial charge in [0.25, 0.3) is 5.91 Å². The van der Waals surface area contributed by atoms with E-state index in [1.165, 1.54) is 12.7 Å². The van der Waals surface area contributed by atoms with Gasteiger partial charge in [-0.2, -0.15) is 0 Å². The number of aryl methyl sites for hydroxylation is 1. The number of anilines is 1. The summed E-state index contributed by atoms with van der Waals surface area (Å²) in [5.41, 5.74) is 0.607. The van der Waals surface area contributed by atoms with E-state index in [0.717, 1.165) is 30.2 Å². The second-order valence-corrected chi connectivity index (χ2v) is 6.87. The van der Waals surface area contributed by atoms with Gasteiger partial charge in [-0.25, -0.2) is 15.0 Å². The van der Waals surface area contributed by atoms with Crippen molar-refractivity contribution in [3.63, 3.8) is 0 Å². The number of unbranched alkanes of at least 4 members (excludes halogenated alkanes) is 2. The standard InChI is InChI=1S/C22H28N6O2/c1-3-4-5-14-30-19-8-6-18(7-9-19)22(29)25-11-10-24-20-15-21(27-16-26-20)28-13-12-23-17(28)2/h6-9,12-13,15-16H,3-5,10-11,14H2,1-2H3,(H,25,29)(H,24,26,27). The van der Waals surface area contributed by atoms with Crippen molar-refractivity contribution in [3.8, 4) is 11.6 Å². The van der Waals surface area contributed by atoms with Gasteiger partial charge in [-0.1, -0.05) is 19.8 Å². The normalized spacial score (nSPS) is 10.6. The van der Waals surface area contributed by atoms with Gasteiger partial charge < -0.3 is 15.4 Å². The van der Waals surface area contributed by atoms with Crippen LogP contribution in [0.15, 0.2) is 49.1 Å². The van der Waals surface area contributed by atoms with Gasteiger partial charge in [0.1, 0.15) is 29.5 Å². The quantitative estimate of drug-likeness (QED) is 0.473. The molecule has 0 atom stereocenters. The van der Waals surface area contributed by atoms with Crippen LogP contribution < -0.4 is 15.4 Å². The first kappa shape index (κ1) is 21.3. The molecule has 2 heterocycles. The highest BCUT2D eigenvalue weighted by molar-refractivity contribution is 5.94. The first-order valence-corrected chi connectivity index (χ1v) is 10.2. The molecule has 1 amide bonds. The van der Waals surface area contributed by atoms with Crippen LogP contribution >= 0.6 is 0 Å². The molecular weight excluding hydrogens is 380 g/mol. The number of aromatic nitrogens is 4. The molecule has 2 aromatic heterocycles. The fourth-order valence-electron chi connectivity index (χ4n) is 2.91. The zero-order valence-electron chi connectivity index (χ0n) is 17.5. The summed E-state index contributed by atoms with van der Waals surface area (Å²) in [6.07, 6.45) is 8.45. The van der Waals surface area contributed by atoms with E-state index in [9.17, 15) is 4.79 Å². The van der Waals surface area contributed by atoms with Crippen molar-refractivity contribution in [2.24, 2.45) is 0 Å². The van der Waals surface area contributed by atoms with Crippen LogP contribution in [0, 0.1) is 6.92 Å². The van der Waals surface area contributed by atoms with Crippen LogP contribution in [0.5, 0.6) is 5.75 Å². The van der Waals surface area contributed by atoms with Crippen LogP contribution in [0.4, 0.5) is 5.82 Å². The van der Waals surface area contributed by atoms with Gasteiger partial charge in [0, 0.05) is 37.1 Å². The lowest BCUT2D eigenvalue weighted by molar-refractivity contribution is 0.0955. The predicted molar refractivity (Wildman–Crippen MR) is 116 cm³/mol. The highest BCUT2D eigenvalue weighted by atomic mass is 16.5. The van der Waals surface area contributed by atoms with Crippen molar-refractivity contribution in [3.05, 3.63) is 60.4 Å². The number of hydrogen-bond acceptors (Lipinski definition) is 6. The minimum Gasteiger partial charge on any atom is -0.494 e. The third-order valence-electron chi connectivity index (χ3n) is 4.58. The highest BCUT2D eigenvalue weighted by Crippen LogP contribution is 2.13. The Kier molecular flexibility index (Phi) is 7.77. The van der Waals surface area contributed by atoms with Crippen molar-refractivity contribution in [1.29, 1.82) is 0 Å². The number of amides is 1. The molecule has 30 heavy (non-hydrogen) atoms. The number of hydrogen-bond donors (Lipinski definition) is 2. The van der Waals surface area contributed by atoms with E-state index in [1.807, 2.05) is 35.9 Å². The fraction of sp³-hybridized carbons (Fsp3) is 0.364. The van der Waals surface area contributed by atoms with Crippen LogP contribution in [0.25, 0.3) is 5.82 Å². The van der Waals surface area contributed by atoms with Gasteiger partial charge in [-0.3, -0.25) is 9.36 Å². The van der Waals surface area contributed by atoms with Crippen LogP contribution in [0.3, 0.4) is 0 Å². The van der Waals surface area contributed by atoms with Crippen molar-refractivity contribution >= 4 is 11.7 Å². The molecule has 0 aliphatic heterocycles. The molecule has 0 aliphatic rings. The number of carbonyl (C=O) groups excluding carboxylic acids is 1. The Labute approximate surface area is 176 Å². The van der Waals surface area contributed by atoms with E-state index < -0.39 is 0 Å². The maximum absolute atomic E-state index is 12.3. The second kappa shape index (κ2) is 10.9. The van der Waals surface area contributed by atoms with Gasteiger partial charge in [-0.05, 0) is 37.6 Å². The maximum Gasteiger partial charge on any atom is 0.251 e. The first-order valence-electron chi connectivity index (χ1n) is 10.2. The predicted octanol–water partition coefficient (Wildman–Crippen LogP) is 3.38. The Balaban J connectivity index is 1.42. The Bertz CT molecular complexity index is 939. The number of nitrogens with one attached hydrogen (secondary N) is 2. The number of nitrogens with zero attached hydrogens (tertiary/aromatic N) is 4. The molecule has 2 N–H and O–H groups in total. The Hall–Kier alpha value is -3.42. The summed E-state index contributed by atoms with van der Waals surface area (Å²) in [6, 6.07) is 9.07. The number of imidazole rings is 1. The third-order valence-corrected chi connectivity index (χ3v) is 4.58. The summed E-state index contributed by atoms with van der Waals surface area (Å²) < 4.78 is 7.56. The lowest BCUT2D eigenvalue weighted by Crippen LogP contribution is -2.28. The third kappa shape index (κ3) is 6.04. The zero-order valence-corrected chi connectivity index (χ0v) is 17.5. The van der Waals surface area contributed by atoms with Crippen LogP contribution in [-0.2, 0) is 0 Å². The highest BCUT2D eigenvalue weighted by Gasteiger charge is 2.06. The van der Waals surface area contributed by atoms with Gasteiger partial charge in [-0.15, -0.1) is 0 Å². The van der Waals surface area contributed by atoms with E-state index in [1.54, 1.807) is 18.3 Å². The molecule has 0 fully saturated rings. The summed E-state index contributed by atoms with van der Waals surface area (Å²) in [5, 5.41) is 6.10. The molecule has 0 radical (unpaired) electrons. The SMILES string of the molecule is CCCCCOc1ccc(C(=O)NCCNc2cc(-n3ccnc3C)ncn2)cc1. The monoisotopic (exact) mass is 408 g/mol. The molecule has 3 aromatic rings. The minimum atomic E-state index is -0.119. The van der Waals surface area contributed by atoms with Crippen molar-refractivity contribution in [2.75, 3.05) is 25.0 Å². The molecular formula is C22H28N6O2. The number of benzene rings is 1. The van der Waals surface area contributed by atoms with Crippen LogP contribution in [-0.4, -0.2) is 45.1 Å². The summed E-state index contributed by atoms with van der Waals surface area (Å²) >= 11 is 0. The van der Waals surface area contributed by atoms with E-state index in [0.29, 0.717) is 31.1 Å². The molecule has 0 saturated heterocycles. The smallest absolute Gasteiger partial charge is 0.251 e. The molecule has 0 aliphatic carbocycles. The number of ether oxygens (including phenoxy) is 1. The average Bonchev–Trinajstić information content (AvgIpc) is 3.21. The Morgan fingerprint density at radius 1 is 1.10 bits per heavy atom. The fourth-order valence-corrected chi connectivity index (χ4v) is 2.91. The second-order valence-electron chi connectivity index (χ2n) is 6.87. The molecule has 158 valence electrons. The summed E-state index contributed by atoms with van der Waals surface area (Å²) in [5.74, 6) is 2.95. The van der Waals surface area contributed by atoms with E-state index in [-0.39, 0.29) is 5.91 Å². The molecule has 0 saturated carbocycles. The first-order chi connectivity index (χ1) is 14.7. The minimum absolute atomic E-state index is 0.119. The van der Waals surface area contributed by atoms with E-state index >= 15 is 0 Å². The van der Waals surface area contributed by atoms with Crippen molar-refractivity contribution < 1.29 is 9.53 Å². The maximum atomic E-state index is 12.3. The Morgan fingerprint density at radius 3 is 2.67 bits per heavy atom. The topological polar surface area (TPSA) is 94.0 Å². The molecule has 3 rings (SSSR count). The summed E-state index contributed by atoms with van der Waals surface area (Å²) in [6.45, 7) is 5.80. The summed E-state index contributed by atoms with van der Waals surface area (Å²) in [4.78, 5) is 25.0. The largest absolute Gasteiger partial charge is 0.494 e. The van der Waals surface area contributed by atoms with Crippen molar-refractivity contribution in [2.45, 2.75) is 33.1 Å². The van der Waals surface area contributed by atoms with E-state index in [2.05, 4.69) is 32.5 Å². The van der Waals surface area contributed by atoms with Gasteiger partial charge in [0.2, 0.25) is 0 Å². The summed E-state index contributed by atoms with van der Waals surface area (Å²) in [7, 11) is 0. The molecule has 0 unspecified atom stereocenters. The number of rotatable bonds is 11. The van der Waals surface area contributed by atoms with Gasteiger partial charge in [0.05, 0.1) is 6.61 Å². The van der Waals surface area contributed by atoms with Gasteiger partial charge in [0.15, 0.2) is 0 Å². The van der Waals surface area contributed by atoms with Crippen LogP contribution in [0.1, 0.15) is 42.4 Å². The van der Waals surface area contributed by atoms with Crippen molar-refractivity contribution in [1.82, 2.24) is 24.8 Å².